The van der Waals surface area contributed by atoms with Crippen LogP contribution in [0.15, 0.2) is 0 Å². The van der Waals surface area contributed by atoms with Crippen LogP contribution in [0.3, 0.4) is 0 Å². The topological polar surface area (TPSA) is 89.7 Å². The summed E-state index contributed by atoms with van der Waals surface area (Å²) in [6, 6.07) is 0. The summed E-state index contributed by atoms with van der Waals surface area (Å²) in [5.74, 6) is -0.374. The molecule has 0 radical (unpaired) electrons. The number of hydrogen-bond donors (Lipinski definition) is 1. The van der Waals surface area contributed by atoms with Gasteiger partial charge in [-0.25, -0.2) is 8.42 Å². The lowest BCUT2D eigenvalue weighted by molar-refractivity contribution is -0.142. The first kappa shape index (κ1) is 14.4. The summed E-state index contributed by atoms with van der Waals surface area (Å²) < 4.78 is 28.2. The quantitative estimate of drug-likeness (QED) is 0.706. The van der Waals surface area contributed by atoms with E-state index in [1.54, 1.807) is 0 Å². The van der Waals surface area contributed by atoms with E-state index in [0.717, 1.165) is 6.26 Å². The fourth-order valence-electron chi connectivity index (χ4n) is 1.80. The van der Waals surface area contributed by atoms with Crippen LogP contribution in [0, 0.1) is 0 Å². The predicted octanol–water partition coefficient (Wildman–Crippen LogP) is -1.01. The van der Waals surface area contributed by atoms with E-state index in [1.807, 2.05) is 6.92 Å². The van der Waals surface area contributed by atoms with E-state index in [-0.39, 0.29) is 18.1 Å². The lowest BCUT2D eigenvalue weighted by Crippen LogP contribution is -2.54. The zero-order chi connectivity index (χ0) is 13.2. The van der Waals surface area contributed by atoms with Crippen molar-refractivity contribution in [2.75, 3.05) is 25.9 Å². The zero-order valence-corrected chi connectivity index (χ0v) is 11.2. The molecule has 100 valence electrons. The van der Waals surface area contributed by atoms with Gasteiger partial charge in [0.25, 0.3) is 0 Å². The Balaban J connectivity index is 2.75. The van der Waals surface area contributed by atoms with Crippen molar-refractivity contribution in [3.05, 3.63) is 0 Å². The highest BCUT2D eigenvalue weighted by atomic mass is 32.2. The minimum absolute atomic E-state index is 0.118. The fourth-order valence-corrected chi connectivity index (χ4v) is 2.31. The summed E-state index contributed by atoms with van der Waals surface area (Å²) in [5.41, 5.74) is 5.51. The van der Waals surface area contributed by atoms with Crippen molar-refractivity contribution < 1.29 is 17.9 Å². The Hall–Kier alpha value is -0.660. The van der Waals surface area contributed by atoms with Gasteiger partial charge in [-0.15, -0.1) is 0 Å². The number of morpholine rings is 1. The van der Waals surface area contributed by atoms with Crippen LogP contribution in [0.4, 0.5) is 0 Å². The summed E-state index contributed by atoms with van der Waals surface area (Å²) >= 11 is 0. The van der Waals surface area contributed by atoms with Gasteiger partial charge in [0.15, 0.2) is 9.84 Å². The molecule has 2 N–H and O–H groups in total. The number of rotatable bonds is 3. The molecular formula is C10H20N2O4S. The molecule has 0 aromatic rings. The third kappa shape index (κ3) is 3.65. The van der Waals surface area contributed by atoms with Crippen molar-refractivity contribution in [3.63, 3.8) is 0 Å². The van der Waals surface area contributed by atoms with Crippen LogP contribution >= 0.6 is 0 Å². The van der Waals surface area contributed by atoms with Crippen molar-refractivity contribution in [3.8, 4) is 0 Å². The van der Waals surface area contributed by atoms with Crippen molar-refractivity contribution >= 4 is 15.7 Å². The molecule has 3 unspecified atom stereocenters. The number of carbonyl (C=O) groups is 1. The molecule has 0 spiro atoms. The second kappa shape index (κ2) is 5.32. The summed E-state index contributed by atoms with van der Waals surface area (Å²) in [6.07, 6.45) is 0.738. The Bertz CT molecular complexity index is 382. The predicted molar refractivity (Wildman–Crippen MR) is 64.3 cm³/mol. The Labute approximate surface area is 102 Å². The highest BCUT2D eigenvalue weighted by Crippen LogP contribution is 2.13. The molecule has 0 aromatic carbocycles. The van der Waals surface area contributed by atoms with E-state index in [2.05, 4.69) is 0 Å². The normalized spacial score (nSPS) is 27.9. The van der Waals surface area contributed by atoms with Crippen molar-refractivity contribution in [1.29, 1.82) is 0 Å². The van der Waals surface area contributed by atoms with Gasteiger partial charge in [0.2, 0.25) is 5.91 Å². The number of carbonyl (C=O) groups excluding carboxylic acids is 1. The first-order valence-corrected chi connectivity index (χ1v) is 7.54. The molecular weight excluding hydrogens is 244 g/mol. The molecule has 6 nitrogen and oxygen atoms in total. The van der Waals surface area contributed by atoms with E-state index in [4.69, 9.17) is 10.5 Å². The minimum atomic E-state index is -3.36. The van der Waals surface area contributed by atoms with Crippen molar-refractivity contribution in [2.24, 2.45) is 5.73 Å². The van der Waals surface area contributed by atoms with Crippen molar-refractivity contribution in [2.45, 2.75) is 31.3 Å². The van der Waals surface area contributed by atoms with Crippen LogP contribution in [-0.4, -0.2) is 62.6 Å². The average molecular weight is 264 g/mol. The van der Waals surface area contributed by atoms with Crippen LogP contribution in [-0.2, 0) is 19.4 Å². The number of hydrogen-bond acceptors (Lipinski definition) is 5. The van der Waals surface area contributed by atoms with E-state index < -0.39 is 15.1 Å². The zero-order valence-electron chi connectivity index (χ0n) is 10.4. The molecule has 1 aliphatic heterocycles. The van der Waals surface area contributed by atoms with Crippen LogP contribution in [0.1, 0.15) is 13.8 Å². The molecule has 1 saturated heterocycles. The maximum absolute atomic E-state index is 12.0. The first-order chi connectivity index (χ1) is 7.75. The number of amides is 1. The van der Waals surface area contributed by atoms with Crippen LogP contribution in [0.25, 0.3) is 0 Å². The van der Waals surface area contributed by atoms with E-state index in [1.165, 1.54) is 11.8 Å². The number of nitrogens with two attached hydrogens (primary N) is 1. The third-order valence-electron chi connectivity index (χ3n) is 2.89. The molecule has 0 aromatic heterocycles. The van der Waals surface area contributed by atoms with Gasteiger partial charge in [-0.1, -0.05) is 0 Å². The maximum Gasteiger partial charge on any atom is 0.240 e. The molecule has 7 heteroatoms. The summed E-state index contributed by atoms with van der Waals surface area (Å²) in [4.78, 5) is 13.5. The van der Waals surface area contributed by atoms with Gasteiger partial charge in [0.1, 0.15) is 5.25 Å². The highest BCUT2D eigenvalue weighted by Gasteiger charge is 2.33. The standard InChI is InChI=1S/C10H20N2O4S/c1-7-5-12(6-9(4-11)16-7)10(13)8(2)17(3,14)15/h7-9H,4-6,11H2,1-3H3. The minimum Gasteiger partial charge on any atom is -0.370 e. The smallest absolute Gasteiger partial charge is 0.240 e. The Morgan fingerprint density at radius 3 is 2.59 bits per heavy atom. The molecule has 1 aliphatic rings. The molecule has 0 aliphatic carbocycles. The Kier molecular flexibility index (Phi) is 4.51. The lowest BCUT2D eigenvalue weighted by Gasteiger charge is -2.37. The molecule has 3 atom stereocenters. The second-order valence-electron chi connectivity index (χ2n) is 4.52. The fraction of sp³-hybridized carbons (Fsp3) is 0.900. The van der Waals surface area contributed by atoms with Crippen molar-refractivity contribution in [1.82, 2.24) is 4.90 Å². The van der Waals surface area contributed by atoms with Gasteiger partial charge in [-0.05, 0) is 13.8 Å². The summed E-state index contributed by atoms with van der Waals surface area (Å²) in [5, 5.41) is -1.01. The molecule has 1 fully saturated rings. The molecule has 1 amide bonds. The largest absolute Gasteiger partial charge is 0.370 e. The average Bonchev–Trinajstić information content (AvgIpc) is 2.24. The van der Waals surface area contributed by atoms with Crippen LogP contribution < -0.4 is 5.73 Å². The van der Waals surface area contributed by atoms with Gasteiger partial charge in [0, 0.05) is 25.9 Å². The number of ether oxygens (including phenoxy) is 1. The first-order valence-electron chi connectivity index (χ1n) is 5.59. The maximum atomic E-state index is 12.0. The Morgan fingerprint density at radius 1 is 1.53 bits per heavy atom. The second-order valence-corrected chi connectivity index (χ2v) is 6.89. The molecule has 17 heavy (non-hydrogen) atoms. The highest BCUT2D eigenvalue weighted by molar-refractivity contribution is 7.92. The van der Waals surface area contributed by atoms with E-state index in [0.29, 0.717) is 19.6 Å². The number of sulfone groups is 1. The van der Waals surface area contributed by atoms with Gasteiger partial charge in [-0.3, -0.25) is 4.79 Å². The Morgan fingerprint density at radius 2 is 2.12 bits per heavy atom. The van der Waals surface area contributed by atoms with Crippen LogP contribution in [0.5, 0.6) is 0 Å². The van der Waals surface area contributed by atoms with Crippen LogP contribution in [0.2, 0.25) is 0 Å². The number of nitrogens with zero attached hydrogens (tertiary/aromatic N) is 1. The van der Waals surface area contributed by atoms with E-state index >= 15 is 0 Å². The van der Waals surface area contributed by atoms with Gasteiger partial charge in [0.05, 0.1) is 12.2 Å². The SMILES string of the molecule is CC1CN(C(=O)C(C)S(C)(=O)=O)CC(CN)O1. The van der Waals surface area contributed by atoms with Gasteiger partial charge < -0.3 is 15.4 Å². The van der Waals surface area contributed by atoms with Gasteiger partial charge >= 0.3 is 0 Å². The molecule has 1 heterocycles. The monoisotopic (exact) mass is 264 g/mol. The molecule has 0 saturated carbocycles. The molecule has 1 rings (SSSR count). The lowest BCUT2D eigenvalue weighted by atomic mass is 10.2. The van der Waals surface area contributed by atoms with E-state index in [9.17, 15) is 13.2 Å². The molecule has 0 bridgehead atoms. The summed E-state index contributed by atoms with van der Waals surface area (Å²) in [6.45, 7) is 4.35. The van der Waals surface area contributed by atoms with Gasteiger partial charge in [-0.2, -0.15) is 0 Å². The summed E-state index contributed by atoms with van der Waals surface area (Å²) in [7, 11) is -3.36. The third-order valence-corrected chi connectivity index (χ3v) is 4.38.